The highest BCUT2D eigenvalue weighted by Gasteiger charge is 2.44. The molecule has 322 valence electrons. The Bertz CT molecular complexity index is 2480. The number of benzene rings is 3. The Morgan fingerprint density at radius 1 is 0.800 bits per heavy atom. The van der Waals surface area contributed by atoms with Crippen LogP contribution in [0.25, 0.3) is 0 Å². The number of hydrogen-bond acceptors (Lipinski definition) is 5. The fourth-order valence-corrected chi connectivity index (χ4v) is 11.0. The van der Waals surface area contributed by atoms with Gasteiger partial charge < -0.3 is 4.90 Å². The van der Waals surface area contributed by atoms with E-state index in [1.807, 2.05) is 30.3 Å². The van der Waals surface area contributed by atoms with Crippen molar-refractivity contribution in [2.75, 3.05) is 42.1 Å². The molecule has 0 saturated carbocycles. The zero-order valence-corrected chi connectivity index (χ0v) is 38.8. The highest BCUT2D eigenvalue weighted by molar-refractivity contribution is 7.90. The Hall–Kier alpha value is -4.45. The van der Waals surface area contributed by atoms with Gasteiger partial charge in [0.25, 0.3) is 10.1 Å². The molecule has 2 heterocycles. The minimum atomic E-state index is -4.04. The summed E-state index contributed by atoms with van der Waals surface area (Å²) < 4.78 is 66.4. The molecule has 0 unspecified atom stereocenters. The maximum absolute atomic E-state index is 14.5. The summed E-state index contributed by atoms with van der Waals surface area (Å²) in [6, 6.07) is 22.4. The lowest BCUT2D eigenvalue weighted by Gasteiger charge is -2.30. The van der Waals surface area contributed by atoms with Crippen molar-refractivity contribution in [2.45, 2.75) is 111 Å². The molecule has 0 aromatic heterocycles. The lowest BCUT2D eigenvalue weighted by Crippen LogP contribution is -2.39. The van der Waals surface area contributed by atoms with E-state index in [9.17, 15) is 21.4 Å². The fourth-order valence-electron chi connectivity index (χ4n) is 9.23. The van der Waals surface area contributed by atoms with Gasteiger partial charge in [0.2, 0.25) is 5.69 Å². The molecule has 3 aromatic rings. The van der Waals surface area contributed by atoms with Crippen molar-refractivity contribution < 1.29 is 26.0 Å². The van der Waals surface area contributed by atoms with E-state index >= 15 is 0 Å². The van der Waals surface area contributed by atoms with E-state index in [1.165, 1.54) is 42.2 Å². The Morgan fingerprint density at radius 3 is 2.17 bits per heavy atom. The van der Waals surface area contributed by atoms with Crippen LogP contribution in [0, 0.1) is 13.8 Å². The number of likely N-dealkylation sites (N-methyl/N-ethyl adjacent to an activating group) is 1. The van der Waals surface area contributed by atoms with Crippen LogP contribution >= 0.6 is 0 Å². The molecule has 9 nitrogen and oxygen atoms in total. The first-order valence-corrected chi connectivity index (χ1v) is 24.5. The fraction of sp³-hybridized carbons (Fsp3) is 0.449. The van der Waals surface area contributed by atoms with Gasteiger partial charge in [-0.05, 0) is 107 Å². The second-order valence-electron chi connectivity index (χ2n) is 17.8. The first-order valence-electron chi connectivity index (χ1n) is 21.5. The molecule has 2 aliphatic heterocycles. The summed E-state index contributed by atoms with van der Waals surface area (Å²) in [7, 11) is -4.72. The molecule has 0 fully saturated rings. The summed E-state index contributed by atoms with van der Waals surface area (Å²) in [6.07, 6.45) is 15.1. The summed E-state index contributed by atoms with van der Waals surface area (Å²) >= 11 is 0. The van der Waals surface area contributed by atoms with Crippen molar-refractivity contribution in [3.05, 3.63) is 136 Å². The smallest absolute Gasteiger partial charge is 0.325 e. The van der Waals surface area contributed by atoms with Gasteiger partial charge in [0.1, 0.15) is 6.54 Å². The van der Waals surface area contributed by atoms with Crippen molar-refractivity contribution in [3.8, 4) is 0 Å². The maximum Gasteiger partial charge on any atom is 0.325 e. The molecule has 0 radical (unpaired) electrons. The van der Waals surface area contributed by atoms with Crippen LogP contribution in [-0.2, 0) is 31.2 Å². The van der Waals surface area contributed by atoms with Gasteiger partial charge in [-0.2, -0.15) is 21.4 Å². The molecule has 0 atom stereocenters. The third kappa shape index (κ3) is 9.23. The summed E-state index contributed by atoms with van der Waals surface area (Å²) in [5.74, 6) is -0.267. The molecule has 0 saturated heterocycles. The number of allylic oxidation sites excluding steroid dienone is 7. The van der Waals surface area contributed by atoms with Gasteiger partial charge in [-0.3, -0.25) is 13.2 Å². The zero-order valence-electron chi connectivity index (χ0n) is 37.1. The second-order valence-corrected chi connectivity index (χ2v) is 21.3. The Balaban J connectivity index is 1.41. The van der Waals surface area contributed by atoms with Crippen molar-refractivity contribution in [3.63, 3.8) is 0 Å². The first-order chi connectivity index (χ1) is 28.3. The predicted octanol–water partition coefficient (Wildman–Crippen LogP) is 10.5. The number of anilines is 2. The van der Waals surface area contributed by atoms with Crippen molar-refractivity contribution in [2.24, 2.45) is 0 Å². The summed E-state index contributed by atoms with van der Waals surface area (Å²) in [4.78, 5) is 2.47. The lowest BCUT2D eigenvalue weighted by molar-refractivity contribution is -0.438. The van der Waals surface area contributed by atoms with Gasteiger partial charge in [-0.15, -0.1) is 0 Å². The quantitative estimate of drug-likeness (QED) is 0.0825. The SMILES string of the molecule is CCCCCN1C(=CC=C2CCC(CC=CC3=[N+](CCCCS(=O)(=O)O)c4ccc(C)cc4C3(C)C)=C2N(C)S(=O)(=O)N(C)c2ccccc2)C(C)(C)c2cc(C)ccc21. The molecular formula is C49H65N4O5S2+. The standard InChI is InChI=1S/C49H64N4O5S2/c1-10-11-15-31-53-44-29-24-37(3)35-42(44)49(6,7)46(53)30-27-39-26-25-38(47(39)51(9)60(57,58)50(8)40-20-13-12-14-21-40)19-18-22-45-48(4,5)41-34-36(2)23-28-43(41)52(45)32-16-17-33-59(54,55)56/h12-14,18,20-24,27-30,34-35H,10-11,15-17,19,25-26,31-33H2,1-9H3/p+1. The van der Waals surface area contributed by atoms with E-state index in [4.69, 9.17) is 0 Å². The first kappa shape index (κ1) is 45.1. The molecule has 1 N–H and O–H groups in total. The van der Waals surface area contributed by atoms with E-state index in [0.29, 0.717) is 37.9 Å². The van der Waals surface area contributed by atoms with Crippen LogP contribution in [0.5, 0.6) is 0 Å². The van der Waals surface area contributed by atoms with Crippen molar-refractivity contribution in [1.82, 2.24) is 4.31 Å². The topological polar surface area (TPSA) is 101 Å². The van der Waals surface area contributed by atoms with Crippen LogP contribution in [0.1, 0.15) is 108 Å². The van der Waals surface area contributed by atoms with E-state index in [0.717, 1.165) is 60.5 Å². The lowest BCUT2D eigenvalue weighted by atomic mass is 9.81. The van der Waals surface area contributed by atoms with E-state index < -0.39 is 20.3 Å². The predicted molar refractivity (Wildman–Crippen MR) is 248 cm³/mol. The number of hydrogen-bond donors (Lipinski definition) is 1. The van der Waals surface area contributed by atoms with Gasteiger partial charge in [0.15, 0.2) is 5.71 Å². The van der Waals surface area contributed by atoms with Crippen LogP contribution in [-0.4, -0.2) is 68.9 Å². The van der Waals surface area contributed by atoms with E-state index in [2.05, 4.69) is 119 Å². The number of fused-ring (bicyclic) bond motifs is 2. The highest BCUT2D eigenvalue weighted by Crippen LogP contribution is 2.49. The minimum absolute atomic E-state index is 0.232. The van der Waals surface area contributed by atoms with E-state index in [1.54, 1.807) is 14.1 Å². The van der Waals surface area contributed by atoms with Gasteiger partial charge in [-0.1, -0.05) is 93.3 Å². The molecule has 60 heavy (non-hydrogen) atoms. The zero-order chi connectivity index (χ0) is 43.6. The molecule has 3 aliphatic rings. The van der Waals surface area contributed by atoms with Gasteiger partial charge in [-0.25, -0.2) is 0 Å². The highest BCUT2D eigenvalue weighted by atomic mass is 32.2. The molecule has 0 amide bonds. The van der Waals surface area contributed by atoms with Crippen LogP contribution in [0.3, 0.4) is 0 Å². The summed E-state index contributed by atoms with van der Waals surface area (Å²) in [5.41, 5.74) is 12.4. The molecule has 3 aromatic carbocycles. The number of aryl methyl sites for hydroxylation is 2. The third-order valence-electron chi connectivity index (χ3n) is 12.7. The van der Waals surface area contributed by atoms with Crippen LogP contribution < -0.4 is 9.21 Å². The Labute approximate surface area is 360 Å². The molecule has 6 rings (SSSR count). The normalized spacial score (nSPS) is 18.7. The Kier molecular flexibility index (Phi) is 13.4. The molecule has 11 heteroatoms. The number of nitrogens with zero attached hydrogens (tertiary/aromatic N) is 4. The van der Waals surface area contributed by atoms with Gasteiger partial charge in [0.05, 0.1) is 22.6 Å². The van der Waals surface area contributed by atoms with Crippen molar-refractivity contribution in [1.29, 1.82) is 0 Å². The average molecular weight is 854 g/mol. The average Bonchev–Trinajstić information content (AvgIpc) is 3.76. The second kappa shape index (κ2) is 17.9. The summed E-state index contributed by atoms with van der Waals surface area (Å²) in [5, 5.41) is 0. The monoisotopic (exact) mass is 853 g/mol. The third-order valence-corrected chi connectivity index (χ3v) is 15.2. The van der Waals surface area contributed by atoms with Crippen LogP contribution in [0.15, 0.2) is 114 Å². The van der Waals surface area contributed by atoms with Gasteiger partial charge >= 0.3 is 10.2 Å². The molecule has 0 spiro atoms. The minimum Gasteiger partial charge on any atom is -0.344 e. The van der Waals surface area contributed by atoms with Gasteiger partial charge in [0, 0.05) is 61.6 Å². The largest absolute Gasteiger partial charge is 0.344 e. The number of para-hydroxylation sites is 1. The molecular weight excluding hydrogens is 789 g/mol. The van der Waals surface area contributed by atoms with Crippen molar-refractivity contribution >= 4 is 43.1 Å². The molecule has 0 bridgehead atoms. The maximum atomic E-state index is 14.5. The molecule has 1 aliphatic carbocycles. The summed E-state index contributed by atoms with van der Waals surface area (Å²) in [6.45, 7) is 17.0. The number of unbranched alkanes of at least 4 members (excludes halogenated alkanes) is 3. The number of rotatable bonds is 17. The van der Waals surface area contributed by atoms with E-state index in [-0.39, 0.29) is 16.6 Å². The van der Waals surface area contributed by atoms with Crippen LogP contribution in [0.2, 0.25) is 0 Å². The Morgan fingerprint density at radius 2 is 1.48 bits per heavy atom. The van der Waals surface area contributed by atoms with Crippen LogP contribution in [0.4, 0.5) is 17.1 Å².